The molecule has 0 spiro atoms. The molecule has 0 aromatic heterocycles. The highest BCUT2D eigenvalue weighted by Crippen LogP contribution is 2.33. The molecule has 2 rings (SSSR count). The predicted octanol–water partition coefficient (Wildman–Crippen LogP) is 3.92. The molecule has 0 aliphatic heterocycles. The molecule has 0 aliphatic carbocycles. The van der Waals surface area contributed by atoms with E-state index < -0.39 is 9.84 Å². The maximum atomic E-state index is 11.9. The third kappa shape index (κ3) is 3.04. The number of ether oxygens (including phenoxy) is 1. The van der Waals surface area contributed by atoms with Crippen LogP contribution in [0.5, 0.6) is 5.75 Å². The predicted molar refractivity (Wildman–Crippen MR) is 83.9 cm³/mol. The molecule has 0 saturated carbocycles. The zero-order valence-corrected chi connectivity index (χ0v) is 13.7. The van der Waals surface area contributed by atoms with Crippen LogP contribution >= 0.6 is 15.9 Å². The minimum absolute atomic E-state index is 0.0758. The molecule has 0 unspecified atom stereocenters. The van der Waals surface area contributed by atoms with E-state index in [1.54, 1.807) is 32.2 Å². The molecule has 0 heterocycles. The van der Waals surface area contributed by atoms with Gasteiger partial charge in [0.1, 0.15) is 5.75 Å². The van der Waals surface area contributed by atoms with Crippen LogP contribution in [0.4, 0.5) is 0 Å². The Morgan fingerprint density at radius 3 is 2.50 bits per heavy atom. The summed E-state index contributed by atoms with van der Waals surface area (Å²) >= 11 is 3.43. The monoisotopic (exact) mass is 354 g/mol. The summed E-state index contributed by atoms with van der Waals surface area (Å²) in [6, 6.07) is 12.8. The smallest absolute Gasteiger partial charge is 0.178 e. The molecule has 20 heavy (non-hydrogen) atoms. The van der Waals surface area contributed by atoms with E-state index in [1.807, 2.05) is 24.3 Å². The number of hydrogen-bond donors (Lipinski definition) is 0. The van der Waals surface area contributed by atoms with E-state index in [2.05, 4.69) is 15.9 Å². The highest BCUT2D eigenvalue weighted by atomic mass is 79.9. The Morgan fingerprint density at radius 1 is 1.15 bits per heavy atom. The van der Waals surface area contributed by atoms with Crippen molar-refractivity contribution in [1.82, 2.24) is 0 Å². The summed E-state index contributed by atoms with van der Waals surface area (Å²) in [7, 11) is -1.69. The molecule has 5 heteroatoms. The van der Waals surface area contributed by atoms with Crippen LogP contribution in [0.15, 0.2) is 51.8 Å². The first kappa shape index (κ1) is 15.1. The van der Waals surface area contributed by atoms with Gasteiger partial charge in [0.15, 0.2) is 9.84 Å². The largest absolute Gasteiger partial charge is 0.496 e. The van der Waals surface area contributed by atoms with Crippen molar-refractivity contribution in [3.8, 4) is 16.9 Å². The molecule has 0 bridgehead atoms. The molecule has 0 fully saturated rings. The van der Waals surface area contributed by atoms with Crippen LogP contribution in [-0.4, -0.2) is 21.3 Å². The fraction of sp³-hybridized carbons (Fsp3) is 0.200. The van der Waals surface area contributed by atoms with Crippen molar-refractivity contribution < 1.29 is 13.2 Å². The maximum absolute atomic E-state index is 11.9. The van der Waals surface area contributed by atoms with Gasteiger partial charge in [-0.2, -0.15) is 0 Å². The van der Waals surface area contributed by atoms with E-state index >= 15 is 0 Å². The van der Waals surface area contributed by atoms with Crippen LogP contribution in [0, 0.1) is 0 Å². The normalized spacial score (nSPS) is 11.3. The molecular weight excluding hydrogens is 340 g/mol. The van der Waals surface area contributed by atoms with Crippen molar-refractivity contribution in [3.05, 3.63) is 46.9 Å². The molecule has 0 amide bonds. The average Bonchev–Trinajstić information content (AvgIpc) is 2.46. The zero-order chi connectivity index (χ0) is 14.8. The van der Waals surface area contributed by atoms with Crippen molar-refractivity contribution >= 4 is 25.8 Å². The lowest BCUT2D eigenvalue weighted by Crippen LogP contribution is -2.04. The standard InChI is InChI=1S/C15H15BrO3S/c1-3-20(17,18)13-7-8-14(15(10-13)19-2)11-5-4-6-12(16)9-11/h4-10H,3H2,1-2H3. The van der Waals surface area contributed by atoms with Crippen LogP contribution in [0.2, 0.25) is 0 Å². The molecule has 3 nitrogen and oxygen atoms in total. The number of hydrogen-bond acceptors (Lipinski definition) is 3. The molecule has 0 atom stereocenters. The van der Waals surface area contributed by atoms with Crippen LogP contribution < -0.4 is 4.74 Å². The molecule has 0 N–H and O–H groups in total. The lowest BCUT2D eigenvalue weighted by molar-refractivity contribution is 0.415. The Hall–Kier alpha value is -1.33. The number of rotatable bonds is 4. The summed E-state index contributed by atoms with van der Waals surface area (Å²) in [5.41, 5.74) is 1.83. The van der Waals surface area contributed by atoms with Gasteiger partial charge < -0.3 is 4.74 Å². The molecular formula is C15H15BrO3S. The molecule has 0 aliphatic rings. The number of halogens is 1. The van der Waals surface area contributed by atoms with Crippen molar-refractivity contribution in [2.75, 3.05) is 12.9 Å². The lowest BCUT2D eigenvalue weighted by atomic mass is 10.1. The van der Waals surface area contributed by atoms with Crippen LogP contribution in [-0.2, 0) is 9.84 Å². The third-order valence-corrected chi connectivity index (χ3v) is 5.27. The first-order chi connectivity index (χ1) is 9.47. The first-order valence-corrected chi connectivity index (χ1v) is 8.59. The molecule has 2 aromatic rings. The molecule has 106 valence electrons. The van der Waals surface area contributed by atoms with Gasteiger partial charge in [-0.3, -0.25) is 0 Å². The van der Waals surface area contributed by atoms with E-state index in [4.69, 9.17) is 4.74 Å². The second kappa shape index (κ2) is 5.97. The number of sulfone groups is 1. The summed E-state index contributed by atoms with van der Waals surface area (Å²) in [6.07, 6.45) is 0. The first-order valence-electron chi connectivity index (χ1n) is 6.14. The van der Waals surface area contributed by atoms with Gasteiger partial charge >= 0.3 is 0 Å². The highest BCUT2D eigenvalue weighted by molar-refractivity contribution is 9.10. The molecule has 0 saturated heterocycles. The summed E-state index contributed by atoms with van der Waals surface area (Å²) in [4.78, 5) is 0.288. The van der Waals surface area contributed by atoms with Gasteiger partial charge in [0.25, 0.3) is 0 Å². The van der Waals surface area contributed by atoms with E-state index in [-0.39, 0.29) is 10.6 Å². The van der Waals surface area contributed by atoms with E-state index in [9.17, 15) is 8.42 Å². The van der Waals surface area contributed by atoms with Gasteiger partial charge in [-0.15, -0.1) is 0 Å². The van der Waals surface area contributed by atoms with Crippen LogP contribution in [0.25, 0.3) is 11.1 Å². The van der Waals surface area contributed by atoms with Gasteiger partial charge in [-0.1, -0.05) is 35.0 Å². The van der Waals surface area contributed by atoms with E-state index in [0.29, 0.717) is 5.75 Å². The second-order valence-electron chi connectivity index (χ2n) is 4.28. The zero-order valence-electron chi connectivity index (χ0n) is 11.3. The summed E-state index contributed by atoms with van der Waals surface area (Å²) in [6.45, 7) is 1.63. The quantitative estimate of drug-likeness (QED) is 0.835. The minimum atomic E-state index is -3.23. The molecule has 0 radical (unpaired) electrons. The van der Waals surface area contributed by atoms with Gasteiger partial charge in [0.2, 0.25) is 0 Å². The maximum Gasteiger partial charge on any atom is 0.178 e. The third-order valence-electron chi connectivity index (χ3n) is 3.05. The van der Waals surface area contributed by atoms with Crippen molar-refractivity contribution in [1.29, 1.82) is 0 Å². The lowest BCUT2D eigenvalue weighted by Gasteiger charge is -2.11. The van der Waals surface area contributed by atoms with Gasteiger partial charge in [-0.25, -0.2) is 8.42 Å². The Morgan fingerprint density at radius 2 is 1.90 bits per heavy atom. The second-order valence-corrected chi connectivity index (χ2v) is 7.47. The van der Waals surface area contributed by atoms with Crippen molar-refractivity contribution in [2.45, 2.75) is 11.8 Å². The minimum Gasteiger partial charge on any atom is -0.496 e. The summed E-state index contributed by atoms with van der Waals surface area (Å²) in [5, 5.41) is 0. The van der Waals surface area contributed by atoms with Gasteiger partial charge in [0.05, 0.1) is 17.8 Å². The Kier molecular flexibility index (Phi) is 4.50. The number of benzene rings is 2. The fourth-order valence-electron chi connectivity index (χ4n) is 1.93. The van der Waals surface area contributed by atoms with Crippen molar-refractivity contribution in [2.24, 2.45) is 0 Å². The van der Waals surface area contributed by atoms with Gasteiger partial charge in [-0.05, 0) is 35.9 Å². The highest BCUT2D eigenvalue weighted by Gasteiger charge is 2.15. The summed E-state index contributed by atoms with van der Waals surface area (Å²) < 4.78 is 30.1. The topological polar surface area (TPSA) is 43.4 Å². The van der Waals surface area contributed by atoms with Gasteiger partial charge in [0, 0.05) is 10.0 Å². The number of methoxy groups -OCH3 is 1. The Bertz CT molecular complexity index is 724. The van der Waals surface area contributed by atoms with E-state index in [0.717, 1.165) is 15.6 Å². The SMILES string of the molecule is CCS(=O)(=O)c1ccc(-c2cccc(Br)c2)c(OC)c1. The molecule has 2 aromatic carbocycles. The summed E-state index contributed by atoms with van der Waals surface area (Å²) in [5.74, 6) is 0.629. The van der Waals surface area contributed by atoms with E-state index in [1.165, 1.54) is 0 Å². The van der Waals surface area contributed by atoms with Crippen LogP contribution in [0.1, 0.15) is 6.92 Å². The fourth-order valence-corrected chi connectivity index (χ4v) is 3.22. The average molecular weight is 355 g/mol. The van der Waals surface area contributed by atoms with Crippen LogP contribution in [0.3, 0.4) is 0 Å². The Labute approximate surface area is 127 Å². The van der Waals surface area contributed by atoms with Crippen molar-refractivity contribution in [3.63, 3.8) is 0 Å². The Balaban J connectivity index is 2.57.